The summed E-state index contributed by atoms with van der Waals surface area (Å²) in [6.45, 7) is 3.54. The Morgan fingerprint density at radius 1 is 1.38 bits per heavy atom. The van der Waals surface area contributed by atoms with Crippen molar-refractivity contribution in [3.63, 3.8) is 0 Å². The fourth-order valence-electron chi connectivity index (χ4n) is 2.77. The lowest BCUT2D eigenvalue weighted by Gasteiger charge is -2.25. The summed E-state index contributed by atoms with van der Waals surface area (Å²) in [5.41, 5.74) is 0.990. The smallest absolute Gasteiger partial charge is 0.226 e. The number of anilines is 1. The van der Waals surface area contributed by atoms with E-state index < -0.39 is 0 Å². The largest absolute Gasteiger partial charge is 0.383 e. The van der Waals surface area contributed by atoms with Crippen molar-refractivity contribution in [2.45, 2.75) is 18.9 Å². The van der Waals surface area contributed by atoms with Gasteiger partial charge in [0.25, 0.3) is 0 Å². The Balaban J connectivity index is 1.81. The molecule has 1 aliphatic heterocycles. The first-order chi connectivity index (χ1) is 10.4. The molecule has 1 fully saturated rings. The average Bonchev–Trinajstić information content (AvgIpc) is 3.04. The lowest BCUT2D eigenvalue weighted by atomic mass is 10.2. The first-order valence-corrected chi connectivity index (χ1v) is 7.56. The van der Waals surface area contributed by atoms with E-state index in [-0.39, 0.29) is 0 Å². The summed E-state index contributed by atoms with van der Waals surface area (Å²) in [5, 5.41) is 4.61. The standard InChI is InChI=1S/C16H22N4O/c1-21-10-9-20(12-14-6-4-8-17-14)16-18-11-13-5-2-3-7-15(13)19-16/h2-3,5,7,11,14,17H,4,6,8-10,12H2,1H3. The third kappa shape index (κ3) is 3.49. The molecule has 2 aromatic rings. The molecular weight excluding hydrogens is 264 g/mol. The Kier molecular flexibility index (Phi) is 4.62. The van der Waals surface area contributed by atoms with E-state index in [0.717, 1.165) is 36.5 Å². The molecule has 0 saturated carbocycles. The zero-order chi connectivity index (χ0) is 14.5. The number of aromatic nitrogens is 2. The van der Waals surface area contributed by atoms with Crippen molar-refractivity contribution in [1.29, 1.82) is 0 Å². The molecule has 3 rings (SSSR count). The number of nitrogens with zero attached hydrogens (tertiary/aromatic N) is 3. The van der Waals surface area contributed by atoms with Gasteiger partial charge < -0.3 is 15.0 Å². The number of rotatable bonds is 6. The molecule has 5 nitrogen and oxygen atoms in total. The molecule has 1 aromatic heterocycles. The summed E-state index contributed by atoms with van der Waals surface area (Å²) in [5.74, 6) is 0.791. The summed E-state index contributed by atoms with van der Waals surface area (Å²) in [7, 11) is 1.73. The Bertz CT molecular complexity index is 583. The van der Waals surface area contributed by atoms with Crippen molar-refractivity contribution in [2.24, 2.45) is 0 Å². The number of ether oxygens (including phenoxy) is 1. The van der Waals surface area contributed by atoms with Crippen LogP contribution in [0.25, 0.3) is 10.9 Å². The Morgan fingerprint density at radius 2 is 2.29 bits per heavy atom. The molecule has 0 radical (unpaired) electrons. The van der Waals surface area contributed by atoms with E-state index in [1.807, 2.05) is 30.5 Å². The van der Waals surface area contributed by atoms with Crippen LogP contribution in [-0.4, -0.2) is 49.4 Å². The maximum absolute atomic E-state index is 5.23. The van der Waals surface area contributed by atoms with Crippen molar-refractivity contribution >= 4 is 16.9 Å². The molecule has 5 heteroatoms. The van der Waals surface area contributed by atoms with Crippen molar-refractivity contribution < 1.29 is 4.74 Å². The van der Waals surface area contributed by atoms with E-state index in [2.05, 4.69) is 15.2 Å². The van der Waals surface area contributed by atoms with Gasteiger partial charge in [0.05, 0.1) is 12.1 Å². The fourth-order valence-corrected chi connectivity index (χ4v) is 2.77. The first-order valence-electron chi connectivity index (χ1n) is 7.56. The van der Waals surface area contributed by atoms with Gasteiger partial charge in [-0.3, -0.25) is 0 Å². The topological polar surface area (TPSA) is 50.3 Å². The first kappa shape index (κ1) is 14.2. The molecule has 0 aliphatic carbocycles. The molecule has 1 saturated heterocycles. The Hall–Kier alpha value is -1.72. The predicted molar refractivity (Wildman–Crippen MR) is 84.7 cm³/mol. The second kappa shape index (κ2) is 6.83. The van der Waals surface area contributed by atoms with Crippen LogP contribution >= 0.6 is 0 Å². The molecule has 0 spiro atoms. The van der Waals surface area contributed by atoms with Gasteiger partial charge in [-0.05, 0) is 25.5 Å². The van der Waals surface area contributed by atoms with Crippen LogP contribution in [0.5, 0.6) is 0 Å². The lowest BCUT2D eigenvalue weighted by Crippen LogP contribution is -2.40. The van der Waals surface area contributed by atoms with E-state index in [4.69, 9.17) is 9.72 Å². The van der Waals surface area contributed by atoms with Crippen LogP contribution in [0.1, 0.15) is 12.8 Å². The second-order valence-corrected chi connectivity index (χ2v) is 5.46. The van der Waals surface area contributed by atoms with Gasteiger partial charge in [-0.1, -0.05) is 18.2 Å². The number of methoxy groups -OCH3 is 1. The highest BCUT2D eigenvalue weighted by atomic mass is 16.5. The maximum Gasteiger partial charge on any atom is 0.226 e. The minimum absolute atomic E-state index is 0.525. The number of hydrogen-bond donors (Lipinski definition) is 1. The van der Waals surface area contributed by atoms with E-state index >= 15 is 0 Å². The molecule has 1 unspecified atom stereocenters. The summed E-state index contributed by atoms with van der Waals surface area (Å²) in [6.07, 6.45) is 4.37. The summed E-state index contributed by atoms with van der Waals surface area (Å²) in [4.78, 5) is 11.5. The van der Waals surface area contributed by atoms with Crippen LogP contribution in [0.2, 0.25) is 0 Å². The van der Waals surface area contributed by atoms with E-state index in [9.17, 15) is 0 Å². The summed E-state index contributed by atoms with van der Waals surface area (Å²) in [6, 6.07) is 8.62. The zero-order valence-electron chi connectivity index (χ0n) is 12.5. The molecule has 21 heavy (non-hydrogen) atoms. The Morgan fingerprint density at radius 3 is 3.10 bits per heavy atom. The van der Waals surface area contributed by atoms with Gasteiger partial charge in [0.2, 0.25) is 5.95 Å². The average molecular weight is 286 g/mol. The second-order valence-electron chi connectivity index (χ2n) is 5.46. The van der Waals surface area contributed by atoms with Gasteiger partial charge in [0.15, 0.2) is 0 Å². The molecule has 0 bridgehead atoms. The highest BCUT2D eigenvalue weighted by Crippen LogP contribution is 2.16. The molecule has 2 heterocycles. The summed E-state index contributed by atoms with van der Waals surface area (Å²) >= 11 is 0. The molecule has 1 aliphatic rings. The SMILES string of the molecule is COCCN(CC1CCCN1)c1ncc2ccccc2n1. The fraction of sp³-hybridized carbons (Fsp3) is 0.500. The monoisotopic (exact) mass is 286 g/mol. The number of hydrogen-bond acceptors (Lipinski definition) is 5. The molecule has 1 atom stereocenters. The van der Waals surface area contributed by atoms with Gasteiger partial charge in [0.1, 0.15) is 0 Å². The molecule has 1 N–H and O–H groups in total. The lowest BCUT2D eigenvalue weighted by molar-refractivity contribution is 0.204. The third-order valence-electron chi connectivity index (χ3n) is 3.93. The van der Waals surface area contributed by atoms with E-state index in [1.54, 1.807) is 7.11 Å². The van der Waals surface area contributed by atoms with Crippen molar-refractivity contribution in [3.8, 4) is 0 Å². The Labute approximate surface area is 125 Å². The number of para-hydroxylation sites is 1. The van der Waals surface area contributed by atoms with Crippen LogP contribution < -0.4 is 10.2 Å². The van der Waals surface area contributed by atoms with Crippen molar-refractivity contribution in [2.75, 3.05) is 38.3 Å². The van der Waals surface area contributed by atoms with E-state index in [0.29, 0.717) is 12.6 Å². The minimum atomic E-state index is 0.525. The zero-order valence-corrected chi connectivity index (χ0v) is 12.5. The van der Waals surface area contributed by atoms with Crippen LogP contribution in [0.3, 0.4) is 0 Å². The van der Waals surface area contributed by atoms with Crippen LogP contribution in [-0.2, 0) is 4.74 Å². The van der Waals surface area contributed by atoms with Crippen LogP contribution in [0.4, 0.5) is 5.95 Å². The molecule has 1 aromatic carbocycles. The van der Waals surface area contributed by atoms with Gasteiger partial charge >= 0.3 is 0 Å². The quantitative estimate of drug-likeness (QED) is 0.878. The van der Waals surface area contributed by atoms with Gasteiger partial charge in [0, 0.05) is 37.8 Å². The van der Waals surface area contributed by atoms with Crippen LogP contribution in [0.15, 0.2) is 30.5 Å². The number of fused-ring (bicyclic) bond motifs is 1. The highest BCUT2D eigenvalue weighted by molar-refractivity contribution is 5.78. The number of benzene rings is 1. The van der Waals surface area contributed by atoms with Crippen molar-refractivity contribution in [1.82, 2.24) is 15.3 Å². The predicted octanol–water partition coefficient (Wildman–Crippen LogP) is 1.83. The molecule has 112 valence electrons. The molecule has 0 amide bonds. The highest BCUT2D eigenvalue weighted by Gasteiger charge is 2.19. The van der Waals surface area contributed by atoms with Crippen LogP contribution in [0, 0.1) is 0 Å². The maximum atomic E-state index is 5.23. The van der Waals surface area contributed by atoms with Gasteiger partial charge in [-0.2, -0.15) is 0 Å². The minimum Gasteiger partial charge on any atom is -0.383 e. The van der Waals surface area contributed by atoms with E-state index in [1.165, 1.54) is 12.8 Å². The van der Waals surface area contributed by atoms with Gasteiger partial charge in [-0.25, -0.2) is 9.97 Å². The third-order valence-corrected chi connectivity index (χ3v) is 3.93. The molecular formula is C16H22N4O. The number of nitrogens with one attached hydrogen (secondary N) is 1. The summed E-state index contributed by atoms with van der Waals surface area (Å²) < 4.78 is 5.23. The van der Waals surface area contributed by atoms with Gasteiger partial charge in [-0.15, -0.1) is 0 Å². The normalized spacial score (nSPS) is 18.2. The van der Waals surface area contributed by atoms with Crippen molar-refractivity contribution in [3.05, 3.63) is 30.5 Å².